The Bertz CT molecular complexity index is 638. The van der Waals surface area contributed by atoms with Crippen LogP contribution in [0.2, 0.25) is 10.0 Å². The monoisotopic (exact) mass is 403 g/mol. The number of halogens is 3. The first-order valence-corrected chi connectivity index (χ1v) is 8.28. The van der Waals surface area contributed by atoms with E-state index in [4.69, 9.17) is 32.7 Å². The van der Waals surface area contributed by atoms with Crippen LogP contribution in [0.3, 0.4) is 0 Å². The Balaban J connectivity index is 1.83. The second-order valence-corrected chi connectivity index (χ2v) is 6.26. The summed E-state index contributed by atoms with van der Waals surface area (Å²) in [5, 5.41) is 4.18. The molecule has 22 heavy (non-hydrogen) atoms. The lowest BCUT2D eigenvalue weighted by molar-refractivity contribution is 0.216. The highest BCUT2D eigenvalue weighted by Crippen LogP contribution is 2.28. The minimum Gasteiger partial charge on any atom is -0.489 e. The summed E-state index contributed by atoms with van der Waals surface area (Å²) in [4.78, 5) is 0. The van der Waals surface area contributed by atoms with Gasteiger partial charge in [-0.25, -0.2) is 0 Å². The standard InChI is InChI=1S/C16H16BrCl2NO2/c1-20-10-11-2-4-15(13(17)8-11)21-6-7-22-16-5-3-12(18)9-14(16)19/h2-5,8-9,20H,6-7,10H2,1H3. The van der Waals surface area contributed by atoms with Gasteiger partial charge in [-0.05, 0) is 58.9 Å². The molecule has 0 fully saturated rings. The van der Waals surface area contributed by atoms with Crippen molar-refractivity contribution in [2.75, 3.05) is 20.3 Å². The van der Waals surface area contributed by atoms with Gasteiger partial charge in [-0.2, -0.15) is 0 Å². The molecule has 0 heterocycles. The van der Waals surface area contributed by atoms with Crippen LogP contribution in [0.5, 0.6) is 11.5 Å². The van der Waals surface area contributed by atoms with Crippen molar-refractivity contribution in [1.29, 1.82) is 0 Å². The molecule has 2 rings (SSSR count). The fourth-order valence-corrected chi connectivity index (χ4v) is 2.87. The molecular weight excluding hydrogens is 389 g/mol. The van der Waals surface area contributed by atoms with Crippen LogP contribution in [0.25, 0.3) is 0 Å². The summed E-state index contributed by atoms with van der Waals surface area (Å²) in [5.41, 5.74) is 1.19. The highest BCUT2D eigenvalue weighted by molar-refractivity contribution is 9.10. The van der Waals surface area contributed by atoms with E-state index in [1.54, 1.807) is 18.2 Å². The summed E-state index contributed by atoms with van der Waals surface area (Å²) in [5.74, 6) is 1.38. The molecule has 0 saturated heterocycles. The molecule has 0 aliphatic rings. The maximum atomic E-state index is 6.03. The summed E-state index contributed by atoms with van der Waals surface area (Å²) >= 11 is 15.4. The van der Waals surface area contributed by atoms with Gasteiger partial charge in [-0.15, -0.1) is 0 Å². The summed E-state index contributed by atoms with van der Waals surface area (Å²) in [6, 6.07) is 11.1. The molecule has 0 aliphatic carbocycles. The van der Waals surface area contributed by atoms with E-state index in [1.807, 2.05) is 25.2 Å². The van der Waals surface area contributed by atoms with Crippen molar-refractivity contribution in [3.8, 4) is 11.5 Å². The third-order valence-electron chi connectivity index (χ3n) is 2.87. The molecule has 0 atom stereocenters. The molecule has 0 unspecified atom stereocenters. The third kappa shape index (κ3) is 5.06. The molecule has 2 aromatic carbocycles. The summed E-state index contributed by atoms with van der Waals surface area (Å²) in [6.07, 6.45) is 0. The van der Waals surface area contributed by atoms with Gasteiger partial charge in [0.25, 0.3) is 0 Å². The SMILES string of the molecule is CNCc1ccc(OCCOc2ccc(Cl)cc2Cl)c(Br)c1. The first-order chi connectivity index (χ1) is 10.6. The van der Waals surface area contributed by atoms with Crippen LogP contribution < -0.4 is 14.8 Å². The quantitative estimate of drug-likeness (QED) is 0.663. The molecule has 3 nitrogen and oxygen atoms in total. The zero-order valence-corrected chi connectivity index (χ0v) is 15.1. The molecule has 118 valence electrons. The summed E-state index contributed by atoms with van der Waals surface area (Å²) < 4.78 is 12.2. The Morgan fingerprint density at radius 1 is 1.00 bits per heavy atom. The predicted octanol–water partition coefficient (Wildman–Crippen LogP) is 4.93. The number of benzene rings is 2. The number of rotatable bonds is 7. The van der Waals surface area contributed by atoms with E-state index in [9.17, 15) is 0 Å². The molecule has 0 bridgehead atoms. The van der Waals surface area contributed by atoms with Crippen LogP contribution in [-0.4, -0.2) is 20.3 Å². The summed E-state index contributed by atoms with van der Waals surface area (Å²) in [7, 11) is 1.91. The number of hydrogen-bond acceptors (Lipinski definition) is 3. The lowest BCUT2D eigenvalue weighted by Crippen LogP contribution is -2.10. The van der Waals surface area contributed by atoms with E-state index in [1.165, 1.54) is 5.56 Å². The van der Waals surface area contributed by atoms with E-state index in [0.717, 1.165) is 16.8 Å². The predicted molar refractivity (Wildman–Crippen MR) is 94.4 cm³/mol. The molecule has 0 aromatic heterocycles. The van der Waals surface area contributed by atoms with Gasteiger partial charge in [0.1, 0.15) is 24.7 Å². The molecule has 2 aromatic rings. The van der Waals surface area contributed by atoms with Crippen LogP contribution in [0.4, 0.5) is 0 Å². The number of nitrogens with one attached hydrogen (secondary N) is 1. The van der Waals surface area contributed by atoms with Gasteiger partial charge >= 0.3 is 0 Å². The Hall–Kier alpha value is -0.940. The van der Waals surface area contributed by atoms with Gasteiger partial charge in [0.15, 0.2) is 0 Å². The van der Waals surface area contributed by atoms with Crippen molar-refractivity contribution in [2.45, 2.75) is 6.54 Å². The van der Waals surface area contributed by atoms with Gasteiger partial charge in [-0.1, -0.05) is 29.3 Å². The van der Waals surface area contributed by atoms with Crippen molar-refractivity contribution in [1.82, 2.24) is 5.32 Å². The average molecular weight is 405 g/mol. The van der Waals surface area contributed by atoms with E-state index in [2.05, 4.69) is 21.2 Å². The Morgan fingerprint density at radius 2 is 1.68 bits per heavy atom. The van der Waals surface area contributed by atoms with Gasteiger partial charge in [0, 0.05) is 11.6 Å². The van der Waals surface area contributed by atoms with Crippen LogP contribution in [0.15, 0.2) is 40.9 Å². The normalized spacial score (nSPS) is 10.5. The topological polar surface area (TPSA) is 30.5 Å². The zero-order valence-electron chi connectivity index (χ0n) is 12.0. The van der Waals surface area contributed by atoms with Gasteiger partial charge in [-0.3, -0.25) is 0 Å². The third-order valence-corrected chi connectivity index (χ3v) is 4.02. The first kappa shape index (κ1) is 17.4. The second-order valence-electron chi connectivity index (χ2n) is 4.57. The Morgan fingerprint density at radius 3 is 2.32 bits per heavy atom. The van der Waals surface area contributed by atoms with Crippen molar-refractivity contribution < 1.29 is 9.47 Å². The van der Waals surface area contributed by atoms with Crippen LogP contribution >= 0.6 is 39.1 Å². The van der Waals surface area contributed by atoms with Gasteiger partial charge < -0.3 is 14.8 Å². The molecule has 0 spiro atoms. The first-order valence-electron chi connectivity index (χ1n) is 6.74. The second kappa shape index (κ2) is 8.63. The van der Waals surface area contributed by atoms with Crippen LogP contribution in [-0.2, 0) is 6.54 Å². The smallest absolute Gasteiger partial charge is 0.138 e. The fourth-order valence-electron chi connectivity index (χ4n) is 1.87. The molecule has 0 amide bonds. The number of ether oxygens (including phenoxy) is 2. The highest BCUT2D eigenvalue weighted by atomic mass is 79.9. The maximum Gasteiger partial charge on any atom is 0.138 e. The Labute approximate surface area is 148 Å². The average Bonchev–Trinajstić information content (AvgIpc) is 2.47. The van der Waals surface area contributed by atoms with Crippen molar-refractivity contribution >= 4 is 39.1 Å². The minimum atomic E-state index is 0.395. The molecular formula is C16H16BrCl2NO2. The van der Waals surface area contributed by atoms with Crippen LogP contribution in [0.1, 0.15) is 5.56 Å². The minimum absolute atomic E-state index is 0.395. The molecule has 0 radical (unpaired) electrons. The maximum absolute atomic E-state index is 6.03. The van der Waals surface area contributed by atoms with E-state index in [-0.39, 0.29) is 0 Å². The molecule has 0 saturated carbocycles. The highest BCUT2D eigenvalue weighted by Gasteiger charge is 2.05. The number of hydrogen-bond donors (Lipinski definition) is 1. The van der Waals surface area contributed by atoms with Gasteiger partial charge in [0.2, 0.25) is 0 Å². The molecule has 0 aliphatic heterocycles. The Kier molecular flexibility index (Phi) is 6.83. The largest absolute Gasteiger partial charge is 0.489 e. The zero-order chi connectivity index (χ0) is 15.9. The molecule has 6 heteroatoms. The van der Waals surface area contributed by atoms with Gasteiger partial charge in [0.05, 0.1) is 9.50 Å². The van der Waals surface area contributed by atoms with E-state index < -0.39 is 0 Å². The van der Waals surface area contributed by atoms with Crippen LogP contribution in [0, 0.1) is 0 Å². The van der Waals surface area contributed by atoms with Crippen molar-refractivity contribution in [3.63, 3.8) is 0 Å². The van der Waals surface area contributed by atoms with Crippen molar-refractivity contribution in [2.24, 2.45) is 0 Å². The van der Waals surface area contributed by atoms with Crippen molar-refractivity contribution in [3.05, 3.63) is 56.5 Å². The molecule has 1 N–H and O–H groups in total. The van der Waals surface area contributed by atoms with E-state index >= 15 is 0 Å². The van der Waals surface area contributed by atoms with E-state index in [0.29, 0.717) is 29.0 Å². The lowest BCUT2D eigenvalue weighted by atomic mass is 10.2. The lowest BCUT2D eigenvalue weighted by Gasteiger charge is -2.11. The fraction of sp³-hybridized carbons (Fsp3) is 0.250. The summed E-state index contributed by atoms with van der Waals surface area (Å²) in [6.45, 7) is 1.63.